The lowest BCUT2D eigenvalue weighted by atomic mass is 10.1. The second kappa shape index (κ2) is 7.53. The van der Waals surface area contributed by atoms with E-state index in [0.29, 0.717) is 16.4 Å². The molecule has 6 nitrogen and oxygen atoms in total. The van der Waals surface area contributed by atoms with Gasteiger partial charge in [0.2, 0.25) is 10.0 Å². The summed E-state index contributed by atoms with van der Waals surface area (Å²) in [5.74, 6) is 0.554. The molecule has 0 spiro atoms. The Kier molecular flexibility index (Phi) is 5.33. The third-order valence-corrected chi connectivity index (χ3v) is 6.45. The summed E-state index contributed by atoms with van der Waals surface area (Å²) < 4.78 is 29.6. The van der Waals surface area contributed by atoms with Crippen LogP contribution in [0.25, 0.3) is 0 Å². The van der Waals surface area contributed by atoms with Gasteiger partial charge in [0.1, 0.15) is 17.9 Å². The van der Waals surface area contributed by atoms with Crippen molar-refractivity contribution in [2.75, 3.05) is 7.05 Å². The molecule has 0 aliphatic heterocycles. The number of aryl methyl sites for hydroxylation is 1. The number of sulfonamides is 1. The minimum absolute atomic E-state index is 0.0387. The number of hydrogen-bond acceptors (Lipinski definition) is 4. The molecule has 3 aromatic rings. The second-order valence-corrected chi connectivity index (χ2v) is 8.38. The molecule has 138 valence electrons. The maximum absolute atomic E-state index is 13.3. The van der Waals surface area contributed by atoms with Crippen molar-refractivity contribution in [3.8, 4) is 6.07 Å². The maximum atomic E-state index is 13.3. The normalized spacial score (nSPS) is 12.7. The van der Waals surface area contributed by atoms with Gasteiger partial charge < -0.3 is 4.57 Å². The molecule has 2 aromatic carbocycles. The van der Waals surface area contributed by atoms with Crippen molar-refractivity contribution >= 4 is 21.6 Å². The predicted octanol–water partition coefficient (Wildman–Crippen LogP) is 3.36. The van der Waals surface area contributed by atoms with Crippen LogP contribution in [0.3, 0.4) is 0 Å². The molecule has 0 amide bonds. The molecule has 0 unspecified atom stereocenters. The van der Waals surface area contributed by atoms with E-state index in [2.05, 4.69) is 4.98 Å². The summed E-state index contributed by atoms with van der Waals surface area (Å²) in [6.07, 6.45) is 3.36. The van der Waals surface area contributed by atoms with Gasteiger partial charge in [-0.25, -0.2) is 13.4 Å². The van der Waals surface area contributed by atoms with Gasteiger partial charge in [0.15, 0.2) is 0 Å². The molecule has 0 bridgehead atoms. The van der Waals surface area contributed by atoms with Gasteiger partial charge in [-0.3, -0.25) is 0 Å². The molecular formula is C19H17ClN4O2S. The fourth-order valence-electron chi connectivity index (χ4n) is 2.89. The van der Waals surface area contributed by atoms with E-state index in [9.17, 15) is 13.7 Å². The first-order valence-corrected chi connectivity index (χ1v) is 9.88. The first-order chi connectivity index (χ1) is 12.9. The summed E-state index contributed by atoms with van der Waals surface area (Å²) in [5.41, 5.74) is 0.813. The fourth-order valence-corrected chi connectivity index (χ4v) is 4.46. The molecular weight excluding hydrogens is 384 g/mol. The zero-order valence-electron chi connectivity index (χ0n) is 14.7. The van der Waals surface area contributed by atoms with E-state index in [4.69, 9.17) is 11.6 Å². The summed E-state index contributed by atoms with van der Waals surface area (Å²) in [7, 11) is -0.673. The predicted molar refractivity (Wildman–Crippen MR) is 103 cm³/mol. The van der Waals surface area contributed by atoms with Crippen LogP contribution in [0, 0.1) is 11.3 Å². The molecule has 8 heteroatoms. The minimum atomic E-state index is -3.96. The first-order valence-electron chi connectivity index (χ1n) is 8.06. The number of benzene rings is 2. The van der Waals surface area contributed by atoms with Gasteiger partial charge in [0, 0.05) is 31.5 Å². The molecule has 1 atom stereocenters. The lowest BCUT2D eigenvalue weighted by molar-refractivity contribution is 0.398. The van der Waals surface area contributed by atoms with Crippen molar-refractivity contribution in [3.05, 3.63) is 82.9 Å². The number of hydrogen-bond donors (Lipinski definition) is 0. The van der Waals surface area contributed by atoms with Crippen LogP contribution < -0.4 is 0 Å². The Bertz CT molecular complexity index is 1100. The highest BCUT2D eigenvalue weighted by Crippen LogP contribution is 2.32. The molecule has 0 aliphatic rings. The SMILES string of the molecule is CN([C@H](c1ccc(Cl)cc1)c1nccn1C)S(=O)(=O)c1ccccc1C#N. The van der Waals surface area contributed by atoms with Gasteiger partial charge in [-0.1, -0.05) is 35.9 Å². The molecule has 0 saturated heterocycles. The number of imidazole rings is 1. The molecule has 3 rings (SSSR count). The number of halogens is 1. The van der Waals surface area contributed by atoms with Crippen molar-refractivity contribution in [2.45, 2.75) is 10.9 Å². The van der Waals surface area contributed by atoms with Gasteiger partial charge in [-0.15, -0.1) is 0 Å². The Morgan fingerprint density at radius 2 is 1.85 bits per heavy atom. The number of nitriles is 1. The Labute approximate surface area is 163 Å². The van der Waals surface area contributed by atoms with Crippen molar-refractivity contribution in [2.24, 2.45) is 7.05 Å². The Hall–Kier alpha value is -2.66. The molecule has 0 N–H and O–H groups in total. The fraction of sp³-hybridized carbons (Fsp3) is 0.158. The molecule has 0 aliphatic carbocycles. The lowest BCUT2D eigenvalue weighted by Gasteiger charge is -2.28. The standard InChI is InChI=1S/C19H17ClN4O2S/c1-23-12-11-22-19(23)18(14-7-9-16(20)10-8-14)24(2)27(25,26)17-6-4-3-5-15(17)13-21/h3-12,18H,1-2H3/t18-/m1/s1. The van der Waals surface area contributed by atoms with Crippen LogP contribution in [0.5, 0.6) is 0 Å². The summed E-state index contributed by atoms with van der Waals surface area (Å²) in [5, 5.41) is 9.87. The van der Waals surface area contributed by atoms with Gasteiger partial charge >= 0.3 is 0 Å². The third-order valence-electron chi connectivity index (χ3n) is 4.32. The average Bonchev–Trinajstić information content (AvgIpc) is 3.09. The zero-order valence-corrected chi connectivity index (χ0v) is 16.3. The van der Waals surface area contributed by atoms with Crippen molar-refractivity contribution in [1.29, 1.82) is 5.26 Å². The van der Waals surface area contributed by atoms with E-state index >= 15 is 0 Å². The molecule has 0 fully saturated rings. The van der Waals surface area contributed by atoms with Gasteiger partial charge in [-0.05, 0) is 29.8 Å². The molecule has 1 aromatic heterocycles. The monoisotopic (exact) mass is 400 g/mol. The van der Waals surface area contributed by atoms with E-state index in [-0.39, 0.29) is 10.5 Å². The smallest absolute Gasteiger partial charge is 0.245 e. The summed E-state index contributed by atoms with van der Waals surface area (Å²) in [4.78, 5) is 4.31. The highest BCUT2D eigenvalue weighted by Gasteiger charge is 2.34. The molecule has 0 saturated carbocycles. The zero-order chi connectivity index (χ0) is 19.6. The van der Waals surface area contributed by atoms with Crippen molar-refractivity contribution in [3.63, 3.8) is 0 Å². The summed E-state index contributed by atoms with van der Waals surface area (Å²) in [6.45, 7) is 0. The van der Waals surface area contributed by atoms with Crippen LogP contribution >= 0.6 is 11.6 Å². The average molecular weight is 401 g/mol. The quantitative estimate of drug-likeness (QED) is 0.657. The third kappa shape index (κ3) is 3.60. The van der Waals surface area contributed by atoms with E-state index in [1.54, 1.807) is 60.4 Å². The van der Waals surface area contributed by atoms with Gasteiger partial charge in [-0.2, -0.15) is 9.57 Å². The van der Waals surface area contributed by atoms with Gasteiger partial charge in [0.05, 0.1) is 10.5 Å². The lowest BCUT2D eigenvalue weighted by Crippen LogP contribution is -2.34. The summed E-state index contributed by atoms with van der Waals surface area (Å²) >= 11 is 5.99. The highest BCUT2D eigenvalue weighted by molar-refractivity contribution is 7.89. The Balaban J connectivity index is 2.16. The Morgan fingerprint density at radius 3 is 2.44 bits per heavy atom. The van der Waals surface area contributed by atoms with E-state index < -0.39 is 16.1 Å². The van der Waals surface area contributed by atoms with Crippen LogP contribution in [0.15, 0.2) is 65.8 Å². The summed E-state index contributed by atoms with van der Waals surface area (Å²) in [6, 6.07) is 14.4. The molecule has 0 radical (unpaired) electrons. The van der Waals surface area contributed by atoms with Crippen LogP contribution in [0.4, 0.5) is 0 Å². The molecule has 1 heterocycles. The maximum Gasteiger partial charge on any atom is 0.245 e. The van der Waals surface area contributed by atoms with E-state index in [0.717, 1.165) is 0 Å². The van der Waals surface area contributed by atoms with Crippen LogP contribution in [0.2, 0.25) is 5.02 Å². The topological polar surface area (TPSA) is 79.0 Å². The second-order valence-electron chi connectivity index (χ2n) is 5.98. The van der Waals surface area contributed by atoms with Crippen molar-refractivity contribution in [1.82, 2.24) is 13.9 Å². The number of rotatable bonds is 5. The Morgan fingerprint density at radius 1 is 1.19 bits per heavy atom. The minimum Gasteiger partial charge on any atom is -0.336 e. The number of aromatic nitrogens is 2. The van der Waals surface area contributed by atoms with E-state index in [1.165, 1.54) is 23.5 Å². The largest absolute Gasteiger partial charge is 0.336 e. The van der Waals surface area contributed by atoms with Crippen molar-refractivity contribution < 1.29 is 8.42 Å². The first kappa shape index (κ1) is 19.1. The number of nitrogens with zero attached hydrogens (tertiary/aromatic N) is 4. The highest BCUT2D eigenvalue weighted by atomic mass is 35.5. The van der Waals surface area contributed by atoms with Crippen LogP contribution in [0.1, 0.15) is 23.0 Å². The van der Waals surface area contributed by atoms with E-state index in [1.807, 2.05) is 6.07 Å². The van der Waals surface area contributed by atoms with Crippen LogP contribution in [-0.4, -0.2) is 29.3 Å². The molecule has 27 heavy (non-hydrogen) atoms. The van der Waals surface area contributed by atoms with Crippen LogP contribution in [-0.2, 0) is 17.1 Å². The van der Waals surface area contributed by atoms with Gasteiger partial charge in [0.25, 0.3) is 0 Å².